The van der Waals surface area contributed by atoms with Crippen molar-refractivity contribution in [3.63, 3.8) is 0 Å². The van der Waals surface area contributed by atoms with Crippen molar-refractivity contribution in [2.24, 2.45) is 0 Å². The number of carbonyl (C=O) groups is 1. The van der Waals surface area contributed by atoms with Gasteiger partial charge in [-0.1, -0.05) is 6.07 Å². The number of hydrogen-bond acceptors (Lipinski definition) is 4. The molecule has 0 saturated carbocycles. The van der Waals surface area contributed by atoms with Crippen molar-refractivity contribution in [2.45, 2.75) is 6.04 Å². The number of carbonyl (C=O) groups excluding carboxylic acids is 1. The number of likely N-dealkylation sites (N-methyl/N-ethyl adjacent to an activating group) is 1. The number of nitrogens with one attached hydrogen (secondary N) is 1. The molecule has 1 unspecified atom stereocenters. The molecule has 1 N–H and O–H groups in total. The van der Waals surface area contributed by atoms with Crippen molar-refractivity contribution in [1.29, 1.82) is 0 Å². The summed E-state index contributed by atoms with van der Waals surface area (Å²) in [7, 11) is 3.97. The van der Waals surface area contributed by atoms with Crippen molar-refractivity contribution in [3.8, 4) is 0 Å². The molecule has 102 valence electrons. The monoisotopic (exact) mass is 298 g/mol. The van der Waals surface area contributed by atoms with Gasteiger partial charge in [0.2, 0.25) is 5.22 Å². The third-order valence-electron chi connectivity index (χ3n) is 2.81. The average molecular weight is 299 g/mol. The maximum absolute atomic E-state index is 12.0. The van der Waals surface area contributed by atoms with Gasteiger partial charge in [0, 0.05) is 11.4 Å². The Morgan fingerprint density at radius 3 is 2.84 bits per heavy atom. The summed E-state index contributed by atoms with van der Waals surface area (Å²) in [5, 5.41) is 5.03. The molecule has 0 fully saturated rings. The van der Waals surface area contributed by atoms with Crippen molar-refractivity contribution in [2.75, 3.05) is 20.6 Å². The van der Waals surface area contributed by atoms with E-state index in [-0.39, 0.29) is 17.2 Å². The number of thiophene rings is 1. The Balaban J connectivity index is 2.00. The second-order valence-corrected chi connectivity index (χ2v) is 5.64. The first-order chi connectivity index (χ1) is 9.09. The van der Waals surface area contributed by atoms with Crippen LogP contribution in [0, 0.1) is 0 Å². The Bertz CT molecular complexity index is 537. The highest BCUT2D eigenvalue weighted by Gasteiger charge is 2.18. The quantitative estimate of drug-likeness (QED) is 0.923. The molecule has 2 rings (SSSR count). The van der Waals surface area contributed by atoms with E-state index in [0.717, 1.165) is 0 Å². The van der Waals surface area contributed by atoms with Gasteiger partial charge in [-0.2, -0.15) is 0 Å². The molecule has 0 saturated heterocycles. The molecule has 2 heterocycles. The van der Waals surface area contributed by atoms with Gasteiger partial charge in [-0.25, -0.2) is 0 Å². The first-order valence-electron chi connectivity index (χ1n) is 5.80. The van der Waals surface area contributed by atoms with E-state index in [1.165, 1.54) is 11.1 Å². The van der Waals surface area contributed by atoms with Crippen molar-refractivity contribution in [3.05, 3.63) is 45.5 Å². The van der Waals surface area contributed by atoms with E-state index in [1.54, 1.807) is 17.4 Å². The summed E-state index contributed by atoms with van der Waals surface area (Å²) >= 11 is 7.45. The zero-order valence-electron chi connectivity index (χ0n) is 10.7. The van der Waals surface area contributed by atoms with Gasteiger partial charge in [-0.05, 0) is 43.2 Å². The standard InChI is InChI=1S/C13H15ClN2O2S/c1-16(2)10(11-4-3-7-19-11)8-15-13(17)9-5-6-18-12(9)14/h3-7,10H,8H2,1-2H3,(H,15,17). The van der Waals surface area contributed by atoms with Gasteiger partial charge in [0.1, 0.15) is 0 Å². The lowest BCUT2D eigenvalue weighted by molar-refractivity contribution is 0.0942. The van der Waals surface area contributed by atoms with Crippen LogP contribution in [-0.4, -0.2) is 31.4 Å². The summed E-state index contributed by atoms with van der Waals surface area (Å²) in [5.41, 5.74) is 0.366. The van der Waals surface area contributed by atoms with Gasteiger partial charge in [0.25, 0.3) is 5.91 Å². The molecule has 0 aliphatic heterocycles. The Labute approximate surface area is 121 Å². The molecule has 0 aliphatic carbocycles. The van der Waals surface area contributed by atoms with Crippen LogP contribution in [0.1, 0.15) is 21.3 Å². The zero-order valence-corrected chi connectivity index (χ0v) is 12.3. The Kier molecular flexibility index (Phi) is 4.63. The van der Waals surface area contributed by atoms with Crippen molar-refractivity contribution >= 4 is 28.8 Å². The number of rotatable bonds is 5. The van der Waals surface area contributed by atoms with E-state index in [1.807, 2.05) is 25.5 Å². The fourth-order valence-electron chi connectivity index (χ4n) is 1.76. The molecule has 1 amide bonds. The van der Waals surface area contributed by atoms with E-state index < -0.39 is 0 Å². The third-order valence-corrected chi connectivity index (χ3v) is 4.08. The summed E-state index contributed by atoms with van der Waals surface area (Å²) < 4.78 is 4.91. The van der Waals surface area contributed by atoms with Gasteiger partial charge in [-0.3, -0.25) is 4.79 Å². The number of amides is 1. The van der Waals surface area contributed by atoms with Crippen LogP contribution >= 0.6 is 22.9 Å². The fraction of sp³-hybridized carbons (Fsp3) is 0.308. The third kappa shape index (κ3) is 3.37. The topological polar surface area (TPSA) is 45.5 Å². The highest BCUT2D eigenvalue weighted by molar-refractivity contribution is 7.10. The molecule has 0 bridgehead atoms. The van der Waals surface area contributed by atoms with E-state index >= 15 is 0 Å². The second-order valence-electron chi connectivity index (χ2n) is 4.31. The number of nitrogens with zero attached hydrogens (tertiary/aromatic N) is 1. The van der Waals surface area contributed by atoms with E-state index in [4.69, 9.17) is 16.0 Å². The predicted molar refractivity (Wildman–Crippen MR) is 76.8 cm³/mol. The van der Waals surface area contributed by atoms with Crippen LogP contribution < -0.4 is 5.32 Å². The average Bonchev–Trinajstić information content (AvgIpc) is 3.00. The molecule has 19 heavy (non-hydrogen) atoms. The number of halogens is 1. The lowest BCUT2D eigenvalue weighted by Gasteiger charge is -2.23. The molecule has 4 nitrogen and oxygen atoms in total. The zero-order chi connectivity index (χ0) is 13.8. The van der Waals surface area contributed by atoms with Crippen LogP contribution in [0.2, 0.25) is 5.22 Å². The van der Waals surface area contributed by atoms with Gasteiger partial charge < -0.3 is 14.6 Å². The van der Waals surface area contributed by atoms with E-state index in [2.05, 4.69) is 16.3 Å². The molecule has 0 aromatic carbocycles. The largest absolute Gasteiger partial charge is 0.452 e. The second kappa shape index (κ2) is 6.23. The van der Waals surface area contributed by atoms with Crippen LogP contribution in [-0.2, 0) is 0 Å². The Morgan fingerprint density at radius 2 is 2.32 bits per heavy atom. The lowest BCUT2D eigenvalue weighted by atomic mass is 10.2. The van der Waals surface area contributed by atoms with Crippen LogP contribution in [0.15, 0.2) is 34.3 Å². The SMILES string of the molecule is CN(C)C(CNC(=O)c1ccoc1Cl)c1cccs1. The summed E-state index contributed by atoms with van der Waals surface area (Å²) in [6.45, 7) is 0.522. The summed E-state index contributed by atoms with van der Waals surface area (Å²) in [6.07, 6.45) is 1.40. The normalized spacial score (nSPS) is 12.6. The van der Waals surface area contributed by atoms with Gasteiger partial charge in [0.05, 0.1) is 17.9 Å². The van der Waals surface area contributed by atoms with Crippen molar-refractivity contribution in [1.82, 2.24) is 10.2 Å². The minimum atomic E-state index is -0.220. The number of furan rings is 1. The molecule has 0 aliphatic rings. The van der Waals surface area contributed by atoms with Gasteiger partial charge >= 0.3 is 0 Å². The van der Waals surface area contributed by atoms with Crippen LogP contribution in [0.5, 0.6) is 0 Å². The molecular weight excluding hydrogens is 284 g/mol. The maximum atomic E-state index is 12.0. The highest BCUT2D eigenvalue weighted by atomic mass is 35.5. The smallest absolute Gasteiger partial charge is 0.256 e. The minimum Gasteiger partial charge on any atom is -0.452 e. The lowest BCUT2D eigenvalue weighted by Crippen LogP contribution is -2.34. The molecule has 6 heteroatoms. The molecular formula is C13H15ClN2O2S. The summed E-state index contributed by atoms with van der Waals surface area (Å²) in [5.74, 6) is -0.220. The van der Waals surface area contributed by atoms with Crippen LogP contribution in [0.3, 0.4) is 0 Å². The van der Waals surface area contributed by atoms with E-state index in [9.17, 15) is 4.79 Å². The first-order valence-corrected chi connectivity index (χ1v) is 7.06. The van der Waals surface area contributed by atoms with E-state index in [0.29, 0.717) is 12.1 Å². The van der Waals surface area contributed by atoms with Crippen LogP contribution in [0.4, 0.5) is 0 Å². The van der Waals surface area contributed by atoms with Crippen LogP contribution in [0.25, 0.3) is 0 Å². The molecule has 1 atom stereocenters. The predicted octanol–water partition coefficient (Wildman–Crippen LogP) is 3.03. The highest BCUT2D eigenvalue weighted by Crippen LogP contribution is 2.23. The Hall–Kier alpha value is -1.30. The van der Waals surface area contributed by atoms with Gasteiger partial charge in [-0.15, -0.1) is 11.3 Å². The molecule has 0 radical (unpaired) electrons. The molecule has 2 aromatic heterocycles. The number of hydrogen-bond donors (Lipinski definition) is 1. The maximum Gasteiger partial charge on any atom is 0.256 e. The Morgan fingerprint density at radius 1 is 1.53 bits per heavy atom. The van der Waals surface area contributed by atoms with Crippen molar-refractivity contribution < 1.29 is 9.21 Å². The van der Waals surface area contributed by atoms with Gasteiger partial charge in [0.15, 0.2) is 0 Å². The summed E-state index contributed by atoms with van der Waals surface area (Å²) in [6, 6.07) is 5.78. The first kappa shape index (κ1) is 14.1. The molecule has 2 aromatic rings. The minimum absolute atomic E-state index is 0.120. The summed E-state index contributed by atoms with van der Waals surface area (Å²) in [4.78, 5) is 15.2. The fourth-order valence-corrected chi connectivity index (χ4v) is 2.88. The molecule has 0 spiro atoms.